The first-order chi connectivity index (χ1) is 12.5. The molecule has 1 nitrogen and oxygen atoms in total. The maximum absolute atomic E-state index is 6.80. The van der Waals surface area contributed by atoms with E-state index in [1.165, 1.54) is 46.3 Å². The fourth-order valence-corrected chi connectivity index (χ4v) is 6.75. The average molecular weight is 402 g/mol. The zero-order chi connectivity index (χ0) is 18.1. The minimum Gasteiger partial charge on any atom is -0.325 e. The maximum Gasteiger partial charge on any atom is 0.0971 e. The number of thiophene rings is 1. The van der Waals surface area contributed by atoms with Crippen LogP contribution < -0.4 is 4.90 Å². The summed E-state index contributed by atoms with van der Waals surface area (Å²) in [6, 6.07) is 15.1. The molecule has 2 unspecified atom stereocenters. The Bertz CT molecular complexity index is 993. The second kappa shape index (κ2) is 5.64. The van der Waals surface area contributed by atoms with E-state index in [0.717, 1.165) is 5.69 Å². The quantitative estimate of drug-likeness (QED) is 0.399. The van der Waals surface area contributed by atoms with Crippen LogP contribution in [0.2, 0.25) is 10.0 Å². The van der Waals surface area contributed by atoms with Gasteiger partial charge in [0, 0.05) is 10.1 Å². The van der Waals surface area contributed by atoms with E-state index in [0.29, 0.717) is 10.0 Å². The highest BCUT2D eigenvalue weighted by Gasteiger charge is 2.58. The fraction of sp³-hybridized carbons (Fsp3) is 0.364. The predicted molar refractivity (Wildman–Crippen MR) is 115 cm³/mol. The Morgan fingerprint density at radius 1 is 1.00 bits per heavy atom. The molecule has 2 aromatic carbocycles. The smallest absolute Gasteiger partial charge is 0.0971 e. The third-order valence-electron chi connectivity index (χ3n) is 6.79. The Hall–Kier alpha value is -1.22. The van der Waals surface area contributed by atoms with Crippen LogP contribution in [0.15, 0.2) is 42.5 Å². The first-order valence-corrected chi connectivity index (χ1v) is 10.8. The number of rotatable bonds is 1. The molecule has 0 spiro atoms. The summed E-state index contributed by atoms with van der Waals surface area (Å²) < 4.78 is 1.32. The summed E-state index contributed by atoms with van der Waals surface area (Å²) >= 11 is 15.1. The summed E-state index contributed by atoms with van der Waals surface area (Å²) in [7, 11) is 0. The molecule has 2 heterocycles. The lowest BCUT2D eigenvalue weighted by atomic mass is 9.61. The SMILES string of the molecule is CC12CCCCC1(C)N(c1cc3ccccc3s1)c1c2ccc(Cl)c1Cl. The largest absolute Gasteiger partial charge is 0.325 e. The molecule has 134 valence electrons. The highest BCUT2D eigenvalue weighted by molar-refractivity contribution is 7.22. The van der Waals surface area contributed by atoms with E-state index in [2.05, 4.69) is 55.1 Å². The van der Waals surface area contributed by atoms with Crippen LogP contribution in [0.1, 0.15) is 45.1 Å². The molecule has 1 fully saturated rings. The second-order valence-electron chi connectivity index (χ2n) is 8.03. The molecule has 26 heavy (non-hydrogen) atoms. The van der Waals surface area contributed by atoms with Gasteiger partial charge in [0.15, 0.2) is 0 Å². The Labute approximate surface area is 168 Å². The van der Waals surface area contributed by atoms with E-state index < -0.39 is 0 Å². The van der Waals surface area contributed by atoms with Crippen molar-refractivity contribution < 1.29 is 0 Å². The van der Waals surface area contributed by atoms with Crippen molar-refractivity contribution in [3.05, 3.63) is 58.1 Å². The van der Waals surface area contributed by atoms with Gasteiger partial charge in [-0.05, 0) is 48.9 Å². The molecule has 1 saturated carbocycles. The monoisotopic (exact) mass is 401 g/mol. The summed E-state index contributed by atoms with van der Waals surface area (Å²) in [5, 5.41) is 3.89. The van der Waals surface area contributed by atoms with Crippen LogP contribution in [0.25, 0.3) is 10.1 Å². The first-order valence-electron chi connectivity index (χ1n) is 9.23. The number of halogens is 2. The molecule has 0 bridgehead atoms. The Morgan fingerprint density at radius 2 is 1.77 bits per heavy atom. The van der Waals surface area contributed by atoms with Gasteiger partial charge in [0.1, 0.15) is 0 Å². The van der Waals surface area contributed by atoms with Gasteiger partial charge in [-0.1, -0.05) is 67.2 Å². The summed E-state index contributed by atoms with van der Waals surface area (Å²) in [4.78, 5) is 2.51. The molecule has 1 aliphatic carbocycles. The molecule has 2 atom stereocenters. The zero-order valence-corrected chi connectivity index (χ0v) is 17.3. The molecule has 0 N–H and O–H groups in total. The average Bonchev–Trinajstić information content (AvgIpc) is 3.13. The zero-order valence-electron chi connectivity index (χ0n) is 15.0. The standard InChI is InChI=1S/C22H21Cl2NS/c1-21-11-5-6-12-22(21,2)25(20-15(21)9-10-16(23)19(20)24)18-13-14-7-3-4-8-17(14)26-18/h3-4,7-10,13H,5-6,11-12H2,1-2H3. The van der Waals surface area contributed by atoms with Crippen molar-refractivity contribution in [2.45, 2.75) is 50.5 Å². The molecule has 1 aromatic heterocycles. The molecule has 0 radical (unpaired) electrons. The van der Waals surface area contributed by atoms with Crippen LogP contribution in [0.3, 0.4) is 0 Å². The number of hydrogen-bond acceptors (Lipinski definition) is 2. The van der Waals surface area contributed by atoms with E-state index in [9.17, 15) is 0 Å². The Kier molecular flexibility index (Phi) is 3.67. The van der Waals surface area contributed by atoms with Crippen molar-refractivity contribution in [2.24, 2.45) is 0 Å². The predicted octanol–water partition coefficient (Wildman–Crippen LogP) is 7.95. The van der Waals surface area contributed by atoms with Crippen LogP contribution in [-0.2, 0) is 5.41 Å². The van der Waals surface area contributed by atoms with Gasteiger partial charge in [-0.15, -0.1) is 11.3 Å². The van der Waals surface area contributed by atoms with Gasteiger partial charge in [0.05, 0.1) is 26.3 Å². The van der Waals surface area contributed by atoms with Crippen molar-refractivity contribution in [1.29, 1.82) is 0 Å². The third-order valence-corrected chi connectivity index (χ3v) is 8.69. The fourth-order valence-electron chi connectivity index (χ4n) is 5.16. The van der Waals surface area contributed by atoms with Crippen LogP contribution in [-0.4, -0.2) is 5.54 Å². The van der Waals surface area contributed by atoms with Crippen LogP contribution in [0.4, 0.5) is 10.7 Å². The van der Waals surface area contributed by atoms with Gasteiger partial charge in [-0.3, -0.25) is 0 Å². The highest BCUT2D eigenvalue weighted by Crippen LogP contribution is 2.63. The number of benzene rings is 2. The molecular formula is C22H21Cl2NS. The molecule has 4 heteroatoms. The van der Waals surface area contributed by atoms with E-state index in [1.807, 2.05) is 17.4 Å². The van der Waals surface area contributed by atoms with Gasteiger partial charge in [-0.25, -0.2) is 0 Å². The molecule has 0 amide bonds. The van der Waals surface area contributed by atoms with Crippen molar-refractivity contribution in [3.63, 3.8) is 0 Å². The Morgan fingerprint density at radius 3 is 2.58 bits per heavy atom. The van der Waals surface area contributed by atoms with Gasteiger partial charge in [-0.2, -0.15) is 0 Å². The summed E-state index contributed by atoms with van der Waals surface area (Å²) in [5.41, 5.74) is 2.58. The molecule has 3 aromatic rings. The second-order valence-corrected chi connectivity index (χ2v) is 9.88. The minimum atomic E-state index is 0.0166. The first kappa shape index (κ1) is 16.9. The normalized spacial score (nSPS) is 27.6. The Balaban J connectivity index is 1.82. The minimum absolute atomic E-state index is 0.0166. The molecule has 5 rings (SSSR count). The summed E-state index contributed by atoms with van der Waals surface area (Å²) in [6.45, 7) is 4.84. The summed E-state index contributed by atoms with van der Waals surface area (Å²) in [6.07, 6.45) is 4.88. The van der Waals surface area contributed by atoms with Crippen LogP contribution in [0, 0.1) is 0 Å². The molecular weight excluding hydrogens is 381 g/mol. The van der Waals surface area contributed by atoms with Gasteiger partial charge in [0.25, 0.3) is 0 Å². The maximum atomic E-state index is 6.80. The molecule has 2 aliphatic rings. The van der Waals surface area contributed by atoms with E-state index in [4.69, 9.17) is 23.2 Å². The van der Waals surface area contributed by atoms with Crippen molar-refractivity contribution >= 4 is 55.3 Å². The van der Waals surface area contributed by atoms with Crippen molar-refractivity contribution in [2.75, 3.05) is 4.90 Å². The number of fused-ring (bicyclic) bond motifs is 4. The van der Waals surface area contributed by atoms with E-state index in [1.54, 1.807) is 0 Å². The molecule has 0 saturated heterocycles. The van der Waals surface area contributed by atoms with Gasteiger partial charge in [0.2, 0.25) is 0 Å². The number of anilines is 2. The molecule has 1 aliphatic heterocycles. The van der Waals surface area contributed by atoms with E-state index in [-0.39, 0.29) is 11.0 Å². The van der Waals surface area contributed by atoms with Gasteiger partial charge >= 0.3 is 0 Å². The lowest BCUT2D eigenvalue weighted by molar-refractivity contribution is 0.195. The van der Waals surface area contributed by atoms with E-state index >= 15 is 0 Å². The highest BCUT2D eigenvalue weighted by atomic mass is 35.5. The lowest BCUT2D eigenvalue weighted by Gasteiger charge is -2.49. The third kappa shape index (κ3) is 2.04. The van der Waals surface area contributed by atoms with Crippen molar-refractivity contribution in [3.8, 4) is 0 Å². The summed E-state index contributed by atoms with van der Waals surface area (Å²) in [5.74, 6) is 0. The van der Waals surface area contributed by atoms with Crippen LogP contribution in [0.5, 0.6) is 0 Å². The van der Waals surface area contributed by atoms with Crippen LogP contribution >= 0.6 is 34.5 Å². The lowest BCUT2D eigenvalue weighted by Crippen LogP contribution is -2.54. The number of hydrogen-bond donors (Lipinski definition) is 0. The van der Waals surface area contributed by atoms with Crippen molar-refractivity contribution in [1.82, 2.24) is 0 Å². The topological polar surface area (TPSA) is 3.24 Å². The number of nitrogens with zero attached hydrogens (tertiary/aromatic N) is 1. The van der Waals surface area contributed by atoms with Gasteiger partial charge < -0.3 is 4.90 Å².